The van der Waals surface area contributed by atoms with Gasteiger partial charge in [0.25, 0.3) is 11.1 Å². The number of H-pyrrole nitrogens is 2. The van der Waals surface area contributed by atoms with Gasteiger partial charge in [0.15, 0.2) is 0 Å². The zero-order chi connectivity index (χ0) is 31.4. The number of anilines is 1. The second-order valence-electron chi connectivity index (χ2n) is 9.77. The predicted molar refractivity (Wildman–Crippen MR) is 157 cm³/mol. The fraction of sp³-hybridized carbons (Fsp3) is 0.423. The highest BCUT2D eigenvalue weighted by atomic mass is 16.2. The van der Waals surface area contributed by atoms with Gasteiger partial charge in [-0.15, -0.1) is 0 Å². The Balaban J connectivity index is 1.50. The van der Waals surface area contributed by atoms with Gasteiger partial charge in [-0.2, -0.15) is 4.99 Å². The average molecular weight is 598 g/mol. The van der Waals surface area contributed by atoms with Crippen molar-refractivity contribution in [2.45, 2.75) is 33.6 Å². The van der Waals surface area contributed by atoms with E-state index in [-0.39, 0.29) is 61.0 Å². The number of amidine groups is 1. The fourth-order valence-corrected chi connectivity index (χ4v) is 4.06. The van der Waals surface area contributed by atoms with Gasteiger partial charge in [-0.05, 0) is 20.8 Å². The molecule has 7 N–H and O–H groups in total. The Labute approximate surface area is 246 Å². The molecule has 17 nitrogen and oxygen atoms in total. The lowest BCUT2D eigenvalue weighted by Gasteiger charge is -2.23. The lowest BCUT2D eigenvalue weighted by Crippen LogP contribution is -2.43. The quantitative estimate of drug-likeness (QED) is 0.156. The number of aryl methyl sites for hydroxylation is 2. The molecule has 230 valence electrons. The van der Waals surface area contributed by atoms with Crippen LogP contribution in [0.2, 0.25) is 0 Å². The topological polar surface area (TPSA) is 236 Å². The van der Waals surface area contributed by atoms with Crippen molar-refractivity contribution in [3.63, 3.8) is 0 Å². The summed E-state index contributed by atoms with van der Waals surface area (Å²) in [6.07, 6.45) is 1.70. The molecule has 3 rings (SSSR count). The molecule has 0 saturated heterocycles. The normalized spacial score (nSPS) is 13.7. The lowest BCUT2D eigenvalue weighted by atomic mass is 10.1. The smallest absolute Gasteiger partial charge is 0.342 e. The van der Waals surface area contributed by atoms with Gasteiger partial charge in [0.2, 0.25) is 17.8 Å². The molecule has 2 aromatic rings. The Morgan fingerprint density at radius 3 is 2.16 bits per heavy atom. The van der Waals surface area contributed by atoms with Gasteiger partial charge >= 0.3 is 12.1 Å². The summed E-state index contributed by atoms with van der Waals surface area (Å²) in [5, 5.41) is 13.1. The van der Waals surface area contributed by atoms with Gasteiger partial charge in [-0.25, -0.2) is 19.6 Å². The molecule has 2 aromatic heterocycles. The van der Waals surface area contributed by atoms with E-state index in [1.54, 1.807) is 20.8 Å². The van der Waals surface area contributed by atoms with Crippen LogP contribution >= 0.6 is 0 Å². The van der Waals surface area contributed by atoms with E-state index in [0.29, 0.717) is 37.4 Å². The van der Waals surface area contributed by atoms with Crippen molar-refractivity contribution in [3.05, 3.63) is 61.7 Å². The summed E-state index contributed by atoms with van der Waals surface area (Å²) >= 11 is 0. The molecular formula is C26H35N11O6. The first-order chi connectivity index (χ1) is 20.4. The van der Waals surface area contributed by atoms with Gasteiger partial charge in [0.05, 0.1) is 6.42 Å². The second-order valence-corrected chi connectivity index (χ2v) is 9.77. The van der Waals surface area contributed by atoms with Crippen LogP contribution in [0.25, 0.3) is 0 Å². The minimum absolute atomic E-state index is 0.00989. The number of hydrogen-bond donors (Lipinski definition) is 7. The molecule has 0 radical (unpaired) electrons. The molecule has 0 bridgehead atoms. The van der Waals surface area contributed by atoms with Crippen molar-refractivity contribution in [1.82, 2.24) is 46.1 Å². The predicted octanol–water partition coefficient (Wildman–Crippen LogP) is -1.17. The van der Waals surface area contributed by atoms with Crippen LogP contribution in [-0.2, 0) is 16.0 Å². The van der Waals surface area contributed by atoms with E-state index in [9.17, 15) is 28.8 Å². The fourth-order valence-electron chi connectivity index (χ4n) is 4.06. The number of nitrogens with zero attached hydrogens (tertiary/aromatic N) is 4. The number of aliphatic imine (C=N–C) groups is 1. The van der Waals surface area contributed by atoms with Crippen molar-refractivity contribution >= 4 is 35.7 Å². The summed E-state index contributed by atoms with van der Waals surface area (Å²) in [7, 11) is 0. The van der Waals surface area contributed by atoms with E-state index in [0.717, 1.165) is 5.57 Å². The third-order valence-corrected chi connectivity index (χ3v) is 5.84. The first-order valence-corrected chi connectivity index (χ1v) is 13.5. The maximum absolute atomic E-state index is 12.4. The zero-order valence-corrected chi connectivity index (χ0v) is 24.1. The lowest BCUT2D eigenvalue weighted by molar-refractivity contribution is -0.120. The van der Waals surface area contributed by atoms with Crippen LogP contribution in [0.5, 0.6) is 0 Å². The summed E-state index contributed by atoms with van der Waals surface area (Å²) < 4.78 is 0. The van der Waals surface area contributed by atoms with E-state index in [1.807, 2.05) is 4.90 Å². The summed E-state index contributed by atoms with van der Waals surface area (Å²) in [6, 6.07) is 1.43. The molecule has 0 spiro atoms. The zero-order valence-electron chi connectivity index (χ0n) is 24.1. The molecule has 0 saturated carbocycles. The van der Waals surface area contributed by atoms with E-state index in [1.165, 1.54) is 18.2 Å². The van der Waals surface area contributed by atoms with E-state index < -0.39 is 17.6 Å². The van der Waals surface area contributed by atoms with Crippen molar-refractivity contribution in [2.75, 3.05) is 44.6 Å². The van der Waals surface area contributed by atoms with E-state index >= 15 is 0 Å². The summed E-state index contributed by atoms with van der Waals surface area (Å²) in [4.78, 5) is 90.7. The molecular weight excluding hydrogens is 562 g/mol. The van der Waals surface area contributed by atoms with Crippen LogP contribution in [-0.4, -0.2) is 93.8 Å². The van der Waals surface area contributed by atoms with Gasteiger partial charge in [0.1, 0.15) is 11.7 Å². The first-order valence-electron chi connectivity index (χ1n) is 13.5. The summed E-state index contributed by atoms with van der Waals surface area (Å²) in [6.45, 7) is 6.74. The average Bonchev–Trinajstić information content (AvgIpc) is 2.86. The van der Waals surface area contributed by atoms with Crippen molar-refractivity contribution in [3.8, 4) is 0 Å². The number of urea groups is 2. The minimum atomic E-state index is -0.616. The molecule has 1 aliphatic rings. The molecule has 3 heterocycles. The molecule has 0 aromatic carbocycles. The number of aromatic nitrogens is 4. The largest absolute Gasteiger partial charge is 0.354 e. The second kappa shape index (κ2) is 15.7. The molecule has 0 unspecified atom stereocenters. The maximum atomic E-state index is 12.4. The maximum Gasteiger partial charge on any atom is 0.342 e. The highest BCUT2D eigenvalue weighted by molar-refractivity contribution is 6.09. The first kappa shape index (κ1) is 32.3. The van der Waals surface area contributed by atoms with Crippen LogP contribution < -0.4 is 37.7 Å². The standard InChI is InChI=1S/C26H35N11O6/c1-15-10-18(32-21(39)11-15)34-25(42)28-5-8-37(7-4-27-20(38)14-19-30-16(2)12-22(40)33-19)9-6-29-26(43)36-24-31-17(3)13-23(41)35-24/h11-13H,4-10,14H2,1-3H3,(H,27,38)(H,30,33,40)(H2,28,32,34,39,42)(H3,29,31,35,36,41,43). The Hall–Kier alpha value is -5.19. The summed E-state index contributed by atoms with van der Waals surface area (Å²) in [5.41, 5.74) is 0.997. The van der Waals surface area contributed by atoms with Crippen LogP contribution in [0.3, 0.4) is 0 Å². The Morgan fingerprint density at radius 1 is 0.884 bits per heavy atom. The number of nitrogens with one attached hydrogen (secondary N) is 7. The third kappa shape index (κ3) is 12.1. The van der Waals surface area contributed by atoms with Crippen LogP contribution in [0.4, 0.5) is 15.5 Å². The molecule has 0 fully saturated rings. The van der Waals surface area contributed by atoms with Crippen LogP contribution in [0.1, 0.15) is 30.6 Å². The van der Waals surface area contributed by atoms with E-state index in [4.69, 9.17) is 0 Å². The minimum Gasteiger partial charge on any atom is -0.354 e. The number of amides is 6. The molecule has 1 aliphatic heterocycles. The Morgan fingerprint density at radius 2 is 1.51 bits per heavy atom. The van der Waals surface area contributed by atoms with E-state index in [2.05, 4.69) is 51.5 Å². The Kier molecular flexibility index (Phi) is 11.8. The number of rotatable bonds is 12. The SMILES string of the molecule is CC1=CC(=O)NC(=NC(=O)NCCN(CCNC(=O)Cc2nc(C)cc(=O)[nH]2)CCNC(=O)Nc2nc(C)cc(=O)[nH]2)C1. The molecule has 17 heteroatoms. The molecule has 6 amide bonds. The number of aromatic amines is 2. The molecule has 0 aliphatic carbocycles. The highest BCUT2D eigenvalue weighted by Crippen LogP contribution is 2.05. The van der Waals surface area contributed by atoms with Crippen molar-refractivity contribution in [1.29, 1.82) is 0 Å². The van der Waals surface area contributed by atoms with Crippen molar-refractivity contribution < 1.29 is 19.2 Å². The molecule has 0 atom stereocenters. The highest BCUT2D eigenvalue weighted by Gasteiger charge is 2.14. The van der Waals surface area contributed by atoms with Gasteiger partial charge < -0.3 is 26.3 Å². The van der Waals surface area contributed by atoms with Gasteiger partial charge in [0, 0.05) is 75.3 Å². The third-order valence-electron chi connectivity index (χ3n) is 5.84. The van der Waals surface area contributed by atoms with Crippen LogP contribution in [0.15, 0.2) is 38.4 Å². The molecule has 43 heavy (non-hydrogen) atoms. The monoisotopic (exact) mass is 597 g/mol. The summed E-state index contributed by atoms with van der Waals surface area (Å²) in [5.74, 6) is -0.159. The number of carbonyl (C=O) groups is 4. The number of carbonyl (C=O) groups excluding carboxylic acids is 4. The number of hydrogen-bond acceptors (Lipinski definition) is 9. The van der Waals surface area contributed by atoms with Gasteiger partial charge in [-0.1, -0.05) is 5.57 Å². The Bertz CT molecular complexity index is 1450. The van der Waals surface area contributed by atoms with Gasteiger partial charge in [-0.3, -0.25) is 34.4 Å². The van der Waals surface area contributed by atoms with Crippen molar-refractivity contribution in [2.24, 2.45) is 4.99 Å². The van der Waals surface area contributed by atoms with Crippen LogP contribution in [0, 0.1) is 13.8 Å².